The number of unbranched alkanes of at least 4 members (excludes halogenated alkanes) is 2. The predicted octanol–water partition coefficient (Wildman–Crippen LogP) is 4.50. The first-order valence-corrected chi connectivity index (χ1v) is 9.45. The average Bonchev–Trinajstić information content (AvgIpc) is 2.68. The van der Waals surface area contributed by atoms with Crippen LogP contribution in [0.5, 0.6) is 11.5 Å². The number of hydrogen-bond acceptors (Lipinski definition) is 4. The van der Waals surface area contributed by atoms with Gasteiger partial charge in [-0.1, -0.05) is 48.9 Å². The van der Waals surface area contributed by atoms with Gasteiger partial charge in [0.25, 0.3) is 0 Å². The lowest BCUT2D eigenvalue weighted by atomic mass is 10.0. The van der Waals surface area contributed by atoms with E-state index in [1.54, 1.807) is 0 Å². The fourth-order valence-electron chi connectivity index (χ4n) is 2.68. The van der Waals surface area contributed by atoms with Gasteiger partial charge < -0.3 is 14.8 Å². The molecule has 0 unspecified atom stereocenters. The molecule has 0 spiro atoms. The molecule has 0 aromatic heterocycles. The van der Waals surface area contributed by atoms with Gasteiger partial charge in [0, 0.05) is 18.5 Å². The van der Waals surface area contributed by atoms with E-state index in [0.717, 1.165) is 49.4 Å². The van der Waals surface area contributed by atoms with E-state index in [4.69, 9.17) is 9.47 Å². The maximum absolute atomic E-state index is 12.0. The van der Waals surface area contributed by atoms with Crippen LogP contribution in [-0.4, -0.2) is 32.1 Å². The number of ketones is 1. The number of hydrogen-bond donors (Lipinski definition) is 1. The van der Waals surface area contributed by atoms with Gasteiger partial charge in [-0.15, -0.1) is 0 Å². The molecule has 0 aliphatic heterocycles. The highest BCUT2D eigenvalue weighted by Gasteiger charge is 2.04. The molecule has 0 amide bonds. The third kappa shape index (κ3) is 7.28. The van der Waals surface area contributed by atoms with Crippen LogP contribution in [0.4, 0.5) is 0 Å². The van der Waals surface area contributed by atoms with Crippen LogP contribution in [0.15, 0.2) is 54.6 Å². The summed E-state index contributed by atoms with van der Waals surface area (Å²) in [5.41, 5.74) is 0.815. The molecule has 0 atom stereocenters. The Balaban J connectivity index is 1.49. The number of rotatable bonds is 13. The largest absolute Gasteiger partial charge is 0.490 e. The second kappa shape index (κ2) is 12.1. The molecule has 0 saturated carbocycles. The van der Waals surface area contributed by atoms with Gasteiger partial charge in [0.05, 0.1) is 6.61 Å². The summed E-state index contributed by atoms with van der Waals surface area (Å²) in [5.74, 6) is 1.81. The Hall–Kier alpha value is -2.33. The van der Waals surface area contributed by atoms with Crippen molar-refractivity contribution in [3.63, 3.8) is 0 Å². The first kappa shape index (κ1) is 20.0. The SMILES string of the molecule is CCOc1ccccc1OCCNCCCCCC(=O)c1ccccc1. The van der Waals surface area contributed by atoms with Crippen molar-refractivity contribution in [2.75, 3.05) is 26.3 Å². The van der Waals surface area contributed by atoms with Gasteiger partial charge in [0.15, 0.2) is 17.3 Å². The van der Waals surface area contributed by atoms with Crippen LogP contribution < -0.4 is 14.8 Å². The van der Waals surface area contributed by atoms with Gasteiger partial charge >= 0.3 is 0 Å². The quantitative estimate of drug-likeness (QED) is 0.425. The molecule has 2 rings (SSSR count). The minimum atomic E-state index is 0.236. The zero-order chi connectivity index (χ0) is 18.5. The highest BCUT2D eigenvalue weighted by atomic mass is 16.5. The molecule has 0 bridgehead atoms. The van der Waals surface area contributed by atoms with Crippen molar-refractivity contribution in [3.8, 4) is 11.5 Å². The van der Waals surface area contributed by atoms with Crippen LogP contribution in [-0.2, 0) is 0 Å². The Bertz CT molecular complexity index is 643. The first-order valence-electron chi connectivity index (χ1n) is 9.45. The molecule has 2 aromatic carbocycles. The topological polar surface area (TPSA) is 47.6 Å². The third-order valence-corrected chi connectivity index (χ3v) is 4.04. The van der Waals surface area contributed by atoms with Crippen molar-refractivity contribution < 1.29 is 14.3 Å². The molecule has 4 nitrogen and oxygen atoms in total. The zero-order valence-electron chi connectivity index (χ0n) is 15.6. The number of ether oxygens (including phenoxy) is 2. The van der Waals surface area contributed by atoms with Gasteiger partial charge in [-0.25, -0.2) is 0 Å². The minimum absolute atomic E-state index is 0.236. The van der Waals surface area contributed by atoms with Crippen LogP contribution >= 0.6 is 0 Å². The minimum Gasteiger partial charge on any atom is -0.490 e. The number of carbonyl (C=O) groups excluding carboxylic acids is 1. The molecule has 4 heteroatoms. The second-order valence-electron chi connectivity index (χ2n) is 6.08. The van der Waals surface area contributed by atoms with Crippen LogP contribution in [0, 0.1) is 0 Å². The van der Waals surface area contributed by atoms with Crippen LogP contribution in [0.2, 0.25) is 0 Å². The number of benzene rings is 2. The molecule has 140 valence electrons. The summed E-state index contributed by atoms with van der Waals surface area (Å²) in [7, 11) is 0. The van der Waals surface area contributed by atoms with Gasteiger partial charge in [-0.3, -0.25) is 4.79 Å². The standard InChI is InChI=1S/C22H29NO3/c1-2-25-21-14-8-9-15-22(21)26-18-17-23-16-10-4-7-13-20(24)19-11-5-3-6-12-19/h3,5-6,8-9,11-12,14-15,23H,2,4,7,10,13,16-18H2,1H3. The molecule has 0 radical (unpaired) electrons. The fourth-order valence-corrected chi connectivity index (χ4v) is 2.68. The maximum atomic E-state index is 12.0. The Morgan fingerprint density at radius 1 is 0.846 bits per heavy atom. The van der Waals surface area contributed by atoms with E-state index in [1.807, 2.05) is 61.5 Å². The smallest absolute Gasteiger partial charge is 0.162 e. The zero-order valence-corrected chi connectivity index (χ0v) is 15.6. The van der Waals surface area contributed by atoms with Gasteiger partial charge in [-0.05, 0) is 38.4 Å². The summed E-state index contributed by atoms with van der Waals surface area (Å²) in [6.07, 6.45) is 3.69. The van der Waals surface area contributed by atoms with E-state index in [-0.39, 0.29) is 5.78 Å². The summed E-state index contributed by atoms with van der Waals surface area (Å²) >= 11 is 0. The van der Waals surface area contributed by atoms with Crippen molar-refractivity contribution in [1.82, 2.24) is 5.32 Å². The van der Waals surface area contributed by atoms with E-state index >= 15 is 0 Å². The molecular weight excluding hydrogens is 326 g/mol. The fraction of sp³-hybridized carbons (Fsp3) is 0.409. The molecule has 0 fully saturated rings. The summed E-state index contributed by atoms with van der Waals surface area (Å²) in [6, 6.07) is 17.2. The Morgan fingerprint density at radius 3 is 2.27 bits per heavy atom. The van der Waals surface area contributed by atoms with E-state index in [1.165, 1.54) is 0 Å². The van der Waals surface area contributed by atoms with E-state index in [2.05, 4.69) is 5.32 Å². The molecule has 0 heterocycles. The molecule has 0 aliphatic rings. The van der Waals surface area contributed by atoms with Gasteiger partial charge in [-0.2, -0.15) is 0 Å². The van der Waals surface area contributed by atoms with E-state index < -0.39 is 0 Å². The molecule has 2 aromatic rings. The maximum Gasteiger partial charge on any atom is 0.162 e. The normalized spacial score (nSPS) is 10.5. The van der Waals surface area contributed by atoms with Gasteiger partial charge in [0.2, 0.25) is 0 Å². The van der Waals surface area contributed by atoms with Gasteiger partial charge in [0.1, 0.15) is 6.61 Å². The van der Waals surface area contributed by atoms with E-state index in [0.29, 0.717) is 19.6 Å². The molecule has 0 saturated heterocycles. The van der Waals surface area contributed by atoms with Crippen molar-refractivity contribution in [2.24, 2.45) is 0 Å². The average molecular weight is 355 g/mol. The lowest BCUT2D eigenvalue weighted by molar-refractivity contribution is 0.0979. The van der Waals surface area contributed by atoms with Crippen molar-refractivity contribution in [3.05, 3.63) is 60.2 Å². The highest BCUT2D eigenvalue weighted by Crippen LogP contribution is 2.25. The number of nitrogens with one attached hydrogen (secondary N) is 1. The van der Waals surface area contributed by atoms with Crippen molar-refractivity contribution >= 4 is 5.78 Å². The summed E-state index contributed by atoms with van der Waals surface area (Å²) in [6.45, 7) is 4.94. The third-order valence-electron chi connectivity index (χ3n) is 4.04. The Morgan fingerprint density at radius 2 is 1.54 bits per heavy atom. The van der Waals surface area contributed by atoms with Crippen LogP contribution in [0.3, 0.4) is 0 Å². The summed E-state index contributed by atoms with van der Waals surface area (Å²) < 4.78 is 11.3. The summed E-state index contributed by atoms with van der Waals surface area (Å²) in [4.78, 5) is 12.0. The molecule has 26 heavy (non-hydrogen) atoms. The lowest BCUT2D eigenvalue weighted by Crippen LogP contribution is -2.22. The Labute approximate surface area is 156 Å². The number of para-hydroxylation sites is 2. The number of carbonyl (C=O) groups is 1. The van der Waals surface area contributed by atoms with Crippen LogP contribution in [0.25, 0.3) is 0 Å². The molecule has 0 aliphatic carbocycles. The molecule has 1 N–H and O–H groups in total. The van der Waals surface area contributed by atoms with Crippen LogP contribution in [0.1, 0.15) is 43.0 Å². The lowest BCUT2D eigenvalue weighted by Gasteiger charge is -2.11. The number of Topliss-reactive ketones (excluding diaryl/α,β-unsaturated/α-hetero) is 1. The monoisotopic (exact) mass is 355 g/mol. The molecular formula is C22H29NO3. The van der Waals surface area contributed by atoms with Crippen molar-refractivity contribution in [1.29, 1.82) is 0 Å². The van der Waals surface area contributed by atoms with Crippen molar-refractivity contribution in [2.45, 2.75) is 32.6 Å². The van der Waals surface area contributed by atoms with E-state index in [9.17, 15) is 4.79 Å². The predicted molar refractivity (Wildman–Crippen MR) is 105 cm³/mol. The first-order chi connectivity index (χ1) is 12.8. The Kier molecular flexibility index (Phi) is 9.30. The summed E-state index contributed by atoms with van der Waals surface area (Å²) in [5, 5.41) is 3.38. The second-order valence-corrected chi connectivity index (χ2v) is 6.08. The highest BCUT2D eigenvalue weighted by molar-refractivity contribution is 5.95.